The highest BCUT2D eigenvalue weighted by atomic mass is 32.2. The molecule has 5 nitrogen and oxygen atoms in total. The van der Waals surface area contributed by atoms with Gasteiger partial charge < -0.3 is 4.90 Å². The van der Waals surface area contributed by atoms with Gasteiger partial charge in [-0.1, -0.05) is 25.0 Å². The second-order valence-electron chi connectivity index (χ2n) is 7.15. The molecule has 0 bridgehead atoms. The van der Waals surface area contributed by atoms with Crippen LogP contribution in [0.3, 0.4) is 0 Å². The minimum atomic E-state index is -3.54. The van der Waals surface area contributed by atoms with Gasteiger partial charge in [0.2, 0.25) is 10.0 Å². The van der Waals surface area contributed by atoms with Gasteiger partial charge in [-0.15, -0.1) is 0 Å². The fourth-order valence-electron chi connectivity index (χ4n) is 3.38. The summed E-state index contributed by atoms with van der Waals surface area (Å²) in [5.74, 6) is -0.385. The number of anilines is 1. The van der Waals surface area contributed by atoms with E-state index >= 15 is 0 Å². The summed E-state index contributed by atoms with van der Waals surface area (Å²) in [7, 11) is -3.54. The second kappa shape index (κ2) is 8.73. The van der Waals surface area contributed by atoms with E-state index in [4.69, 9.17) is 0 Å². The predicted octanol–water partition coefficient (Wildman–Crippen LogP) is 3.81. The lowest BCUT2D eigenvalue weighted by atomic mass is 10.1. The summed E-state index contributed by atoms with van der Waals surface area (Å²) in [4.78, 5) is 14.6. The third-order valence-electron chi connectivity index (χ3n) is 4.94. The van der Waals surface area contributed by atoms with Gasteiger partial charge >= 0.3 is 0 Å². The summed E-state index contributed by atoms with van der Waals surface area (Å²) >= 11 is 0. The van der Waals surface area contributed by atoms with Crippen LogP contribution in [0, 0.1) is 5.82 Å². The van der Waals surface area contributed by atoms with E-state index in [0.717, 1.165) is 45.0 Å². The molecule has 1 saturated heterocycles. The third-order valence-corrected chi connectivity index (χ3v) is 6.08. The number of hydrogen-bond donors (Lipinski definition) is 0. The van der Waals surface area contributed by atoms with E-state index in [0.29, 0.717) is 16.8 Å². The Balaban J connectivity index is 1.80. The van der Waals surface area contributed by atoms with Crippen LogP contribution in [0.1, 0.15) is 41.6 Å². The lowest BCUT2D eigenvalue weighted by molar-refractivity contribution is 0.0761. The molecule has 0 radical (unpaired) electrons. The minimum absolute atomic E-state index is 0.0158. The Morgan fingerprint density at radius 2 is 1.54 bits per heavy atom. The van der Waals surface area contributed by atoms with Gasteiger partial charge in [0.15, 0.2) is 0 Å². The van der Waals surface area contributed by atoms with Crippen molar-refractivity contribution in [3.05, 3.63) is 65.5 Å². The monoisotopic (exact) mass is 404 g/mol. The van der Waals surface area contributed by atoms with Crippen LogP contribution in [-0.4, -0.2) is 38.6 Å². The number of sulfonamides is 1. The molecule has 0 aromatic heterocycles. The summed E-state index contributed by atoms with van der Waals surface area (Å²) in [6.07, 6.45) is 5.46. The van der Waals surface area contributed by atoms with E-state index in [1.807, 2.05) is 4.90 Å². The summed E-state index contributed by atoms with van der Waals surface area (Å²) in [5.41, 5.74) is 1.71. The van der Waals surface area contributed by atoms with Crippen molar-refractivity contribution >= 4 is 21.6 Å². The molecule has 1 fully saturated rings. The van der Waals surface area contributed by atoms with Crippen LogP contribution in [-0.2, 0) is 16.6 Å². The normalized spacial score (nSPS) is 15.1. The number of amides is 1. The number of benzene rings is 2. The van der Waals surface area contributed by atoms with E-state index in [-0.39, 0.29) is 18.3 Å². The minimum Gasteiger partial charge on any atom is -0.339 e. The van der Waals surface area contributed by atoms with Gasteiger partial charge in [0.25, 0.3) is 5.91 Å². The Kier molecular flexibility index (Phi) is 6.34. The first kappa shape index (κ1) is 20.3. The van der Waals surface area contributed by atoms with Gasteiger partial charge in [-0.3, -0.25) is 9.10 Å². The molecule has 0 unspecified atom stereocenters. The molecule has 1 aliphatic heterocycles. The van der Waals surface area contributed by atoms with Crippen LogP contribution in [0.5, 0.6) is 0 Å². The Bertz CT molecular complexity index is 904. The van der Waals surface area contributed by atoms with Crippen molar-refractivity contribution in [3.63, 3.8) is 0 Å². The zero-order chi connectivity index (χ0) is 20.1. The number of likely N-dealkylation sites (tertiary alicyclic amines) is 1. The van der Waals surface area contributed by atoms with Crippen LogP contribution in [0.2, 0.25) is 0 Å². The van der Waals surface area contributed by atoms with E-state index in [9.17, 15) is 17.6 Å². The summed E-state index contributed by atoms with van der Waals surface area (Å²) < 4.78 is 38.9. The molecule has 1 amide bonds. The number of carbonyl (C=O) groups excluding carboxylic acids is 1. The molecule has 3 rings (SSSR count). The third kappa shape index (κ3) is 5.10. The Morgan fingerprint density at radius 3 is 2.07 bits per heavy atom. The largest absolute Gasteiger partial charge is 0.339 e. The molecule has 1 heterocycles. The number of carbonyl (C=O) groups is 1. The maximum Gasteiger partial charge on any atom is 0.253 e. The average Bonchev–Trinajstić information content (AvgIpc) is 2.96. The Morgan fingerprint density at radius 1 is 0.964 bits per heavy atom. The number of rotatable bonds is 5. The van der Waals surface area contributed by atoms with Crippen LogP contribution in [0.15, 0.2) is 48.5 Å². The first-order chi connectivity index (χ1) is 13.3. The highest BCUT2D eigenvalue weighted by Gasteiger charge is 2.20. The number of nitrogens with zero attached hydrogens (tertiary/aromatic N) is 2. The van der Waals surface area contributed by atoms with Crippen molar-refractivity contribution in [2.24, 2.45) is 0 Å². The predicted molar refractivity (Wildman–Crippen MR) is 108 cm³/mol. The molecule has 150 valence electrons. The van der Waals surface area contributed by atoms with Crippen LogP contribution in [0.25, 0.3) is 0 Å². The van der Waals surface area contributed by atoms with Crippen molar-refractivity contribution in [2.75, 3.05) is 23.7 Å². The van der Waals surface area contributed by atoms with Crippen molar-refractivity contribution in [1.29, 1.82) is 0 Å². The highest BCUT2D eigenvalue weighted by molar-refractivity contribution is 7.92. The van der Waals surface area contributed by atoms with E-state index in [2.05, 4.69) is 0 Å². The van der Waals surface area contributed by atoms with Crippen molar-refractivity contribution in [1.82, 2.24) is 4.90 Å². The van der Waals surface area contributed by atoms with Crippen LogP contribution >= 0.6 is 0 Å². The molecule has 0 N–H and O–H groups in total. The van der Waals surface area contributed by atoms with Crippen LogP contribution in [0.4, 0.5) is 10.1 Å². The summed E-state index contributed by atoms with van der Waals surface area (Å²) in [6, 6.07) is 12.4. The molecule has 2 aromatic rings. The summed E-state index contributed by atoms with van der Waals surface area (Å²) in [5, 5.41) is 0. The lowest BCUT2D eigenvalue weighted by Crippen LogP contribution is -2.32. The fraction of sp³-hybridized carbons (Fsp3) is 0.381. The highest BCUT2D eigenvalue weighted by Crippen LogP contribution is 2.22. The lowest BCUT2D eigenvalue weighted by Gasteiger charge is -2.24. The smallest absolute Gasteiger partial charge is 0.253 e. The number of halogens is 1. The van der Waals surface area contributed by atoms with Crippen molar-refractivity contribution in [3.8, 4) is 0 Å². The topological polar surface area (TPSA) is 57.7 Å². The number of hydrogen-bond acceptors (Lipinski definition) is 3. The molecule has 0 spiro atoms. The maximum atomic E-state index is 13.1. The van der Waals surface area contributed by atoms with Crippen LogP contribution < -0.4 is 4.31 Å². The molecule has 0 atom stereocenters. The molecular weight excluding hydrogens is 379 g/mol. The van der Waals surface area contributed by atoms with Crippen molar-refractivity contribution in [2.45, 2.75) is 32.2 Å². The second-order valence-corrected chi connectivity index (χ2v) is 9.06. The summed E-state index contributed by atoms with van der Waals surface area (Å²) in [6.45, 7) is 1.62. The standard InChI is InChI=1S/C21H25FN2O3S/c1-28(26,27)24(16-17-6-10-19(22)11-7-17)20-12-8-18(9-13-20)21(25)23-14-4-2-3-5-15-23/h6-13H,2-5,14-16H2,1H3. The first-order valence-electron chi connectivity index (χ1n) is 9.46. The maximum absolute atomic E-state index is 13.1. The van der Waals surface area contributed by atoms with Gasteiger partial charge in [-0.25, -0.2) is 12.8 Å². The van der Waals surface area contributed by atoms with Crippen molar-refractivity contribution < 1.29 is 17.6 Å². The van der Waals surface area contributed by atoms with E-state index in [1.165, 1.54) is 16.4 Å². The Labute approximate surface area is 165 Å². The fourth-order valence-corrected chi connectivity index (χ4v) is 4.27. The van der Waals surface area contributed by atoms with E-state index in [1.54, 1.807) is 36.4 Å². The van der Waals surface area contributed by atoms with Gasteiger partial charge in [0, 0.05) is 18.7 Å². The van der Waals surface area contributed by atoms with Gasteiger partial charge in [0.05, 0.1) is 18.5 Å². The zero-order valence-corrected chi connectivity index (χ0v) is 16.8. The Hall–Kier alpha value is -2.41. The SMILES string of the molecule is CS(=O)(=O)N(Cc1ccc(F)cc1)c1ccc(C(=O)N2CCCCCC2)cc1. The van der Waals surface area contributed by atoms with E-state index < -0.39 is 10.0 Å². The zero-order valence-electron chi connectivity index (χ0n) is 16.0. The molecule has 7 heteroatoms. The van der Waals surface area contributed by atoms with Gasteiger partial charge in [-0.2, -0.15) is 0 Å². The molecule has 1 aliphatic rings. The van der Waals surface area contributed by atoms with Gasteiger partial charge in [-0.05, 0) is 54.8 Å². The molecular formula is C21H25FN2O3S. The molecule has 0 saturated carbocycles. The van der Waals surface area contributed by atoms with Gasteiger partial charge in [0.1, 0.15) is 5.82 Å². The molecule has 28 heavy (non-hydrogen) atoms. The quantitative estimate of drug-likeness (QED) is 0.761. The average molecular weight is 405 g/mol. The first-order valence-corrected chi connectivity index (χ1v) is 11.3. The molecule has 0 aliphatic carbocycles. The molecule has 2 aromatic carbocycles.